The summed E-state index contributed by atoms with van der Waals surface area (Å²) in [5, 5.41) is 18.6. The predicted octanol–water partition coefficient (Wildman–Crippen LogP) is 1.33. The van der Waals surface area contributed by atoms with Crippen molar-refractivity contribution in [2.24, 2.45) is 17.9 Å². The molecule has 7 heteroatoms. The predicted molar refractivity (Wildman–Crippen MR) is 79.5 cm³/mol. The number of nitrogens with one attached hydrogen (secondary N) is 1. The first-order chi connectivity index (χ1) is 10.0. The van der Waals surface area contributed by atoms with Crippen LogP contribution in [0.15, 0.2) is 35.6 Å². The smallest absolute Gasteiger partial charge is 0.259 e. The number of aryl methyl sites for hydroxylation is 2. The minimum atomic E-state index is -0.239. The summed E-state index contributed by atoms with van der Waals surface area (Å²) in [6.45, 7) is 1.94. The summed E-state index contributed by atoms with van der Waals surface area (Å²) in [6, 6.07) is 6.77. The van der Waals surface area contributed by atoms with E-state index in [0.29, 0.717) is 23.2 Å². The molecular formula is C14H17N5O2. The van der Waals surface area contributed by atoms with Gasteiger partial charge in [0.2, 0.25) is 0 Å². The average Bonchev–Trinajstić information content (AvgIpc) is 2.88. The van der Waals surface area contributed by atoms with Crippen LogP contribution < -0.4 is 11.1 Å². The van der Waals surface area contributed by atoms with Crippen LogP contribution in [0.5, 0.6) is 0 Å². The Labute approximate surface area is 122 Å². The van der Waals surface area contributed by atoms with Gasteiger partial charge in [-0.2, -0.15) is 5.10 Å². The number of hydrogen-bond donors (Lipinski definition) is 3. The monoisotopic (exact) mass is 287 g/mol. The largest absolute Gasteiger partial charge is 0.409 e. The van der Waals surface area contributed by atoms with Gasteiger partial charge in [-0.25, -0.2) is 0 Å². The van der Waals surface area contributed by atoms with Crippen LogP contribution in [0.3, 0.4) is 0 Å². The van der Waals surface area contributed by atoms with Gasteiger partial charge in [-0.1, -0.05) is 24.2 Å². The number of carbonyl (C=O) groups excluding carboxylic acids is 1. The van der Waals surface area contributed by atoms with Gasteiger partial charge in [-0.3, -0.25) is 9.48 Å². The van der Waals surface area contributed by atoms with Gasteiger partial charge in [-0.05, 0) is 18.6 Å². The lowest BCUT2D eigenvalue weighted by Gasteiger charge is -2.06. The topological polar surface area (TPSA) is 106 Å². The molecule has 0 spiro atoms. The molecule has 0 aliphatic rings. The average molecular weight is 287 g/mol. The van der Waals surface area contributed by atoms with Gasteiger partial charge in [0.25, 0.3) is 5.91 Å². The van der Waals surface area contributed by atoms with E-state index in [1.165, 1.54) is 0 Å². The molecule has 1 aromatic heterocycles. The van der Waals surface area contributed by atoms with Crippen LogP contribution in [-0.4, -0.2) is 26.7 Å². The van der Waals surface area contributed by atoms with Gasteiger partial charge >= 0.3 is 0 Å². The van der Waals surface area contributed by atoms with Crippen LogP contribution in [0.2, 0.25) is 0 Å². The van der Waals surface area contributed by atoms with E-state index in [1.807, 2.05) is 6.92 Å². The standard InChI is InChI=1S/C14H17N5O2/c1-3-12-11(8-19(2)17-12)14(20)16-10-6-4-5-9(7-10)13(15)18-21/h4-8,21H,3H2,1-2H3,(H2,15,18)(H,16,20). The number of oxime groups is 1. The molecule has 0 unspecified atom stereocenters. The first-order valence-electron chi connectivity index (χ1n) is 6.47. The second-order valence-electron chi connectivity index (χ2n) is 4.54. The molecule has 0 aliphatic carbocycles. The van der Waals surface area contributed by atoms with Crippen molar-refractivity contribution in [3.8, 4) is 0 Å². The van der Waals surface area contributed by atoms with Crippen molar-refractivity contribution in [2.75, 3.05) is 5.32 Å². The fourth-order valence-electron chi connectivity index (χ4n) is 2.00. The highest BCUT2D eigenvalue weighted by Crippen LogP contribution is 2.14. The Morgan fingerprint density at radius 2 is 2.29 bits per heavy atom. The summed E-state index contributed by atoms with van der Waals surface area (Å²) >= 11 is 0. The molecule has 21 heavy (non-hydrogen) atoms. The molecule has 110 valence electrons. The van der Waals surface area contributed by atoms with Crippen molar-refractivity contribution in [1.82, 2.24) is 9.78 Å². The number of anilines is 1. The van der Waals surface area contributed by atoms with E-state index < -0.39 is 0 Å². The number of amides is 1. The number of nitrogens with two attached hydrogens (primary N) is 1. The van der Waals surface area contributed by atoms with E-state index in [4.69, 9.17) is 10.9 Å². The molecule has 0 saturated heterocycles. The minimum absolute atomic E-state index is 0.0123. The molecule has 2 rings (SSSR count). The number of rotatable bonds is 4. The number of benzene rings is 1. The maximum absolute atomic E-state index is 12.3. The lowest BCUT2D eigenvalue weighted by atomic mass is 10.1. The molecule has 2 aromatic rings. The van der Waals surface area contributed by atoms with Gasteiger partial charge < -0.3 is 16.3 Å². The third kappa shape index (κ3) is 3.19. The fraction of sp³-hybridized carbons (Fsp3) is 0.214. The number of amidine groups is 1. The highest BCUT2D eigenvalue weighted by Gasteiger charge is 2.14. The zero-order chi connectivity index (χ0) is 15.4. The summed E-state index contributed by atoms with van der Waals surface area (Å²) in [6.07, 6.45) is 2.36. The fourth-order valence-corrected chi connectivity index (χ4v) is 2.00. The summed E-state index contributed by atoms with van der Waals surface area (Å²) in [5.41, 5.74) is 7.89. The van der Waals surface area contributed by atoms with Gasteiger partial charge in [0.15, 0.2) is 5.84 Å². The number of nitrogens with zero attached hydrogens (tertiary/aromatic N) is 3. The van der Waals surface area contributed by atoms with Crippen molar-refractivity contribution in [2.45, 2.75) is 13.3 Å². The molecule has 0 bridgehead atoms. The molecule has 1 amide bonds. The van der Waals surface area contributed by atoms with Crippen molar-refractivity contribution in [3.63, 3.8) is 0 Å². The molecule has 0 fully saturated rings. The summed E-state index contributed by atoms with van der Waals surface area (Å²) in [5.74, 6) is -0.252. The number of hydrogen-bond acceptors (Lipinski definition) is 4. The molecule has 0 radical (unpaired) electrons. The summed E-state index contributed by atoms with van der Waals surface area (Å²) in [7, 11) is 1.77. The summed E-state index contributed by atoms with van der Waals surface area (Å²) in [4.78, 5) is 12.3. The Morgan fingerprint density at radius 3 is 2.95 bits per heavy atom. The first kappa shape index (κ1) is 14.6. The Kier molecular flexibility index (Phi) is 4.22. The Bertz CT molecular complexity index is 690. The second kappa shape index (κ2) is 6.08. The maximum Gasteiger partial charge on any atom is 0.259 e. The molecule has 1 heterocycles. The molecule has 0 saturated carbocycles. The first-order valence-corrected chi connectivity index (χ1v) is 6.47. The van der Waals surface area contributed by atoms with E-state index in [2.05, 4.69) is 15.6 Å². The zero-order valence-electron chi connectivity index (χ0n) is 11.9. The van der Waals surface area contributed by atoms with Crippen LogP contribution in [0.1, 0.15) is 28.5 Å². The van der Waals surface area contributed by atoms with Crippen molar-refractivity contribution in [3.05, 3.63) is 47.3 Å². The molecule has 4 N–H and O–H groups in total. The van der Waals surface area contributed by atoms with Gasteiger partial charge in [-0.15, -0.1) is 0 Å². The van der Waals surface area contributed by atoms with E-state index >= 15 is 0 Å². The van der Waals surface area contributed by atoms with Crippen LogP contribution in [-0.2, 0) is 13.5 Å². The van der Waals surface area contributed by atoms with Gasteiger partial charge in [0.1, 0.15) is 0 Å². The van der Waals surface area contributed by atoms with Crippen LogP contribution in [0.4, 0.5) is 5.69 Å². The Morgan fingerprint density at radius 1 is 1.52 bits per heavy atom. The van der Waals surface area contributed by atoms with E-state index in [9.17, 15) is 4.79 Å². The van der Waals surface area contributed by atoms with Gasteiger partial charge in [0.05, 0.1) is 11.3 Å². The highest BCUT2D eigenvalue weighted by molar-refractivity contribution is 6.06. The normalized spacial score (nSPS) is 11.4. The highest BCUT2D eigenvalue weighted by atomic mass is 16.4. The molecular weight excluding hydrogens is 270 g/mol. The van der Waals surface area contributed by atoms with Crippen LogP contribution >= 0.6 is 0 Å². The Balaban J connectivity index is 2.23. The van der Waals surface area contributed by atoms with E-state index in [0.717, 1.165) is 5.69 Å². The van der Waals surface area contributed by atoms with Crippen LogP contribution in [0.25, 0.3) is 0 Å². The minimum Gasteiger partial charge on any atom is -0.409 e. The second-order valence-corrected chi connectivity index (χ2v) is 4.54. The number of carbonyl (C=O) groups is 1. The van der Waals surface area contributed by atoms with Crippen LogP contribution in [0, 0.1) is 0 Å². The third-order valence-electron chi connectivity index (χ3n) is 3.01. The quantitative estimate of drug-likeness (QED) is 0.341. The molecule has 7 nitrogen and oxygen atoms in total. The molecule has 0 aliphatic heterocycles. The summed E-state index contributed by atoms with van der Waals surface area (Å²) < 4.78 is 1.61. The van der Waals surface area contributed by atoms with Crippen molar-refractivity contribution in [1.29, 1.82) is 0 Å². The van der Waals surface area contributed by atoms with E-state index in [-0.39, 0.29) is 11.7 Å². The molecule has 0 atom stereocenters. The maximum atomic E-state index is 12.3. The van der Waals surface area contributed by atoms with Gasteiger partial charge in [0, 0.05) is 24.5 Å². The third-order valence-corrected chi connectivity index (χ3v) is 3.01. The SMILES string of the molecule is CCc1nn(C)cc1C(=O)Nc1cccc(/C(N)=N/O)c1. The molecule has 1 aromatic carbocycles. The lowest BCUT2D eigenvalue weighted by Crippen LogP contribution is -2.16. The zero-order valence-corrected chi connectivity index (χ0v) is 11.9. The Hall–Kier alpha value is -2.83. The lowest BCUT2D eigenvalue weighted by molar-refractivity contribution is 0.102. The van der Waals surface area contributed by atoms with E-state index in [1.54, 1.807) is 42.2 Å². The van der Waals surface area contributed by atoms with Crippen molar-refractivity contribution < 1.29 is 10.0 Å². The number of aromatic nitrogens is 2. The van der Waals surface area contributed by atoms with Crippen molar-refractivity contribution >= 4 is 17.4 Å².